The molecule has 3 aromatic rings. The Morgan fingerprint density at radius 2 is 1.55 bits per heavy atom. The number of rotatable bonds is 5. The Bertz CT molecular complexity index is 1420. The zero-order valence-corrected chi connectivity index (χ0v) is 19.2. The minimum absolute atomic E-state index is 0. The van der Waals surface area contributed by atoms with E-state index in [1.165, 1.54) is 12.1 Å². The van der Waals surface area contributed by atoms with E-state index in [1.807, 2.05) is 0 Å². The molecule has 0 fully saturated rings. The molecule has 0 aromatic heterocycles. The summed E-state index contributed by atoms with van der Waals surface area (Å²) < 4.78 is 66.2. The van der Waals surface area contributed by atoms with Gasteiger partial charge >= 0.3 is 29.6 Å². The SMILES string of the molecule is O=[N+]([O-])c1ccc(N=Nc2c(O)c(S(=O)(=O)O)cc3cc(S(=O)(=O)[O-])ccc23)cc1.[Na+]. The molecule has 3 aromatic carbocycles. The van der Waals surface area contributed by atoms with Crippen LogP contribution in [0, 0.1) is 10.1 Å². The molecule has 156 valence electrons. The van der Waals surface area contributed by atoms with Gasteiger partial charge in [0.2, 0.25) is 0 Å². The topological polar surface area (TPSA) is 200 Å². The van der Waals surface area contributed by atoms with Crippen molar-refractivity contribution in [3.8, 4) is 5.75 Å². The van der Waals surface area contributed by atoms with Gasteiger partial charge in [0.05, 0.1) is 15.5 Å². The van der Waals surface area contributed by atoms with E-state index in [4.69, 9.17) is 0 Å². The van der Waals surface area contributed by atoms with Crippen molar-refractivity contribution in [3.63, 3.8) is 0 Å². The number of hydrogen-bond acceptors (Lipinski definition) is 10. The normalized spacial score (nSPS) is 12.1. The van der Waals surface area contributed by atoms with Gasteiger partial charge in [0.1, 0.15) is 20.7 Å². The van der Waals surface area contributed by atoms with E-state index in [-0.39, 0.29) is 51.7 Å². The Balaban J connectivity index is 0.00000341. The molecular formula is C16H10N3NaO9S2. The molecule has 0 radical (unpaired) electrons. The second-order valence-electron chi connectivity index (χ2n) is 5.86. The largest absolute Gasteiger partial charge is 1.00 e. The average molecular weight is 475 g/mol. The van der Waals surface area contributed by atoms with Gasteiger partial charge in [-0.15, -0.1) is 5.11 Å². The molecule has 0 heterocycles. The number of nitro groups is 1. The molecule has 15 heteroatoms. The third kappa shape index (κ3) is 5.43. The van der Waals surface area contributed by atoms with Crippen LogP contribution >= 0.6 is 0 Å². The minimum Gasteiger partial charge on any atom is -0.744 e. The third-order valence-electron chi connectivity index (χ3n) is 3.92. The van der Waals surface area contributed by atoms with Crippen molar-refractivity contribution in [3.05, 3.63) is 58.6 Å². The second-order valence-corrected chi connectivity index (χ2v) is 8.63. The maximum absolute atomic E-state index is 11.6. The van der Waals surface area contributed by atoms with Gasteiger partial charge in [-0.05, 0) is 35.7 Å². The van der Waals surface area contributed by atoms with Gasteiger partial charge in [0.25, 0.3) is 15.8 Å². The molecule has 0 aliphatic heterocycles. The first-order valence-electron chi connectivity index (χ1n) is 7.77. The predicted molar refractivity (Wildman–Crippen MR) is 101 cm³/mol. The molecule has 0 amide bonds. The van der Waals surface area contributed by atoms with Crippen LogP contribution in [-0.4, -0.2) is 36.0 Å². The molecule has 12 nitrogen and oxygen atoms in total. The molecule has 0 bridgehead atoms. The zero-order chi connectivity index (χ0) is 22.3. The first-order valence-corrected chi connectivity index (χ1v) is 10.6. The van der Waals surface area contributed by atoms with Crippen LogP contribution in [0.2, 0.25) is 0 Å². The summed E-state index contributed by atoms with van der Waals surface area (Å²) in [6.45, 7) is 0. The number of non-ortho nitro benzene ring substituents is 1. The Hall–Kier alpha value is -2.46. The fourth-order valence-electron chi connectivity index (χ4n) is 2.53. The van der Waals surface area contributed by atoms with Gasteiger partial charge in [0.15, 0.2) is 5.75 Å². The van der Waals surface area contributed by atoms with E-state index >= 15 is 0 Å². The molecule has 3 rings (SSSR count). The van der Waals surface area contributed by atoms with Gasteiger partial charge in [-0.2, -0.15) is 13.5 Å². The number of phenols is 1. The van der Waals surface area contributed by atoms with Crippen molar-refractivity contribution in [2.24, 2.45) is 10.2 Å². The summed E-state index contributed by atoms with van der Waals surface area (Å²) in [5, 5.41) is 28.4. The molecule has 0 saturated heterocycles. The molecule has 0 unspecified atom stereocenters. The summed E-state index contributed by atoms with van der Waals surface area (Å²) in [6, 6.07) is 8.46. The number of nitro benzene ring substituents is 1. The molecule has 0 atom stereocenters. The Morgan fingerprint density at radius 1 is 0.935 bits per heavy atom. The summed E-state index contributed by atoms with van der Waals surface area (Å²) in [6.07, 6.45) is 0. The number of fused-ring (bicyclic) bond motifs is 1. The molecule has 0 aliphatic carbocycles. The van der Waals surface area contributed by atoms with Crippen LogP contribution in [0.1, 0.15) is 0 Å². The van der Waals surface area contributed by atoms with Crippen molar-refractivity contribution in [1.82, 2.24) is 0 Å². The van der Waals surface area contributed by atoms with Gasteiger partial charge in [0, 0.05) is 17.5 Å². The summed E-state index contributed by atoms with van der Waals surface area (Å²) in [7, 11) is -9.81. The molecule has 31 heavy (non-hydrogen) atoms. The number of aromatic hydroxyl groups is 1. The number of hydrogen-bond donors (Lipinski definition) is 2. The number of phenolic OH excluding ortho intramolecular Hbond substituents is 1. The van der Waals surface area contributed by atoms with Crippen molar-refractivity contribution < 1.29 is 65.5 Å². The molecule has 2 N–H and O–H groups in total. The van der Waals surface area contributed by atoms with Crippen LogP contribution in [0.25, 0.3) is 10.8 Å². The van der Waals surface area contributed by atoms with E-state index < -0.39 is 46.4 Å². The quantitative estimate of drug-likeness (QED) is 0.168. The van der Waals surface area contributed by atoms with Gasteiger partial charge in [-0.3, -0.25) is 14.7 Å². The Kier molecular flexibility index (Phi) is 7.17. The van der Waals surface area contributed by atoms with E-state index in [1.54, 1.807) is 0 Å². The zero-order valence-electron chi connectivity index (χ0n) is 15.5. The van der Waals surface area contributed by atoms with Crippen molar-refractivity contribution >= 4 is 48.1 Å². The predicted octanol–water partition coefficient (Wildman–Crippen LogP) is 0.0238. The maximum atomic E-state index is 11.6. The average Bonchev–Trinajstić information content (AvgIpc) is 2.65. The van der Waals surface area contributed by atoms with Crippen LogP contribution in [0.4, 0.5) is 17.1 Å². The van der Waals surface area contributed by atoms with Crippen molar-refractivity contribution in [1.29, 1.82) is 0 Å². The monoisotopic (exact) mass is 475 g/mol. The summed E-state index contributed by atoms with van der Waals surface area (Å²) in [4.78, 5) is 8.41. The molecule has 0 saturated carbocycles. The van der Waals surface area contributed by atoms with Crippen LogP contribution in [0.5, 0.6) is 5.75 Å². The minimum atomic E-state index is -4.95. The van der Waals surface area contributed by atoms with Crippen molar-refractivity contribution in [2.75, 3.05) is 0 Å². The molecule has 0 aliphatic rings. The Morgan fingerprint density at radius 3 is 2.06 bits per heavy atom. The first-order chi connectivity index (χ1) is 13.9. The maximum Gasteiger partial charge on any atom is 1.00 e. The van der Waals surface area contributed by atoms with Gasteiger partial charge in [-0.1, -0.05) is 6.07 Å². The van der Waals surface area contributed by atoms with Gasteiger partial charge < -0.3 is 9.66 Å². The van der Waals surface area contributed by atoms with Crippen molar-refractivity contribution in [2.45, 2.75) is 9.79 Å². The van der Waals surface area contributed by atoms with Crippen LogP contribution in [0.3, 0.4) is 0 Å². The number of azo groups is 1. The number of nitrogens with zero attached hydrogens (tertiary/aromatic N) is 3. The first kappa shape index (κ1) is 24.8. The van der Waals surface area contributed by atoms with E-state index in [0.717, 1.165) is 36.4 Å². The van der Waals surface area contributed by atoms with E-state index in [9.17, 15) is 41.2 Å². The summed E-state index contributed by atoms with van der Waals surface area (Å²) >= 11 is 0. The van der Waals surface area contributed by atoms with Crippen LogP contribution < -0.4 is 29.6 Å². The smallest absolute Gasteiger partial charge is 0.744 e. The van der Waals surface area contributed by atoms with E-state index in [2.05, 4.69) is 10.2 Å². The van der Waals surface area contributed by atoms with Crippen LogP contribution in [-0.2, 0) is 20.2 Å². The Labute approximate surface area is 197 Å². The molecule has 0 spiro atoms. The molecular weight excluding hydrogens is 465 g/mol. The summed E-state index contributed by atoms with van der Waals surface area (Å²) in [5.74, 6) is -0.964. The fraction of sp³-hybridized carbons (Fsp3) is 0. The summed E-state index contributed by atoms with van der Waals surface area (Å²) in [5.41, 5.74) is -0.528. The third-order valence-corrected chi connectivity index (χ3v) is 5.61. The van der Waals surface area contributed by atoms with E-state index in [0.29, 0.717) is 0 Å². The fourth-order valence-corrected chi connectivity index (χ4v) is 3.65. The van der Waals surface area contributed by atoms with Crippen LogP contribution in [0.15, 0.2) is 68.6 Å². The second kappa shape index (κ2) is 8.96. The number of benzene rings is 3. The van der Waals surface area contributed by atoms with Gasteiger partial charge in [-0.25, -0.2) is 8.42 Å². The standard InChI is InChI=1S/C16H11N3O9S2.Na/c20-16-14(30(26,27)28)8-9-7-12(29(23,24)25)5-6-13(9)15(16)18-17-10-1-3-11(4-2-10)19(21)22;/h1-8,20H,(H,23,24,25)(H,26,27,28);/q;+1/p-1.